The molecule has 0 spiro atoms. The lowest BCUT2D eigenvalue weighted by Gasteiger charge is -2.14. The quantitative estimate of drug-likeness (QED) is 0.127. The first-order valence-corrected chi connectivity index (χ1v) is 11.3. The van der Waals surface area contributed by atoms with Crippen molar-refractivity contribution in [2.45, 2.75) is 40.3 Å². The SMILES string of the molecule is CCc1cc([N+](=O)[O-])c([P+](=O)OCOC(=O)C(C)(C)C)cc1Oc1ccc(C(F)(F)F)cc1Cl. The van der Waals surface area contributed by atoms with E-state index in [9.17, 15) is 32.6 Å². The summed E-state index contributed by atoms with van der Waals surface area (Å²) in [5, 5.41) is 10.8. The molecule has 0 heterocycles. The summed E-state index contributed by atoms with van der Waals surface area (Å²) < 4.78 is 66.8. The fraction of sp³-hybridized carbons (Fsp3) is 0.381. The van der Waals surface area contributed by atoms with Crippen LogP contribution in [-0.4, -0.2) is 17.7 Å². The zero-order valence-corrected chi connectivity index (χ0v) is 20.2. The maximum absolute atomic E-state index is 12.9. The maximum Gasteiger partial charge on any atom is 0.559 e. The zero-order valence-electron chi connectivity index (χ0n) is 18.6. The van der Waals surface area contributed by atoms with E-state index in [-0.39, 0.29) is 28.2 Å². The molecule has 0 saturated heterocycles. The molecule has 0 radical (unpaired) electrons. The van der Waals surface area contributed by atoms with Gasteiger partial charge in [-0.1, -0.05) is 23.0 Å². The molecule has 34 heavy (non-hydrogen) atoms. The highest BCUT2D eigenvalue weighted by Crippen LogP contribution is 2.39. The number of alkyl halides is 3. The van der Waals surface area contributed by atoms with E-state index in [1.807, 2.05) is 0 Å². The molecule has 184 valence electrons. The van der Waals surface area contributed by atoms with E-state index in [2.05, 4.69) is 0 Å². The van der Waals surface area contributed by atoms with Crippen molar-refractivity contribution in [2.24, 2.45) is 5.41 Å². The van der Waals surface area contributed by atoms with Crippen LogP contribution >= 0.6 is 19.6 Å². The summed E-state index contributed by atoms with van der Waals surface area (Å²) in [4.78, 5) is 22.6. The lowest BCUT2D eigenvalue weighted by Crippen LogP contribution is -2.23. The van der Waals surface area contributed by atoms with Gasteiger partial charge < -0.3 is 9.47 Å². The van der Waals surface area contributed by atoms with Crippen LogP contribution in [0.25, 0.3) is 0 Å². The molecule has 0 saturated carbocycles. The number of rotatable bonds is 8. The minimum atomic E-state index is -4.61. The number of nitro benzene ring substituents is 1. The summed E-state index contributed by atoms with van der Waals surface area (Å²) in [6.45, 7) is 5.75. The van der Waals surface area contributed by atoms with E-state index in [1.54, 1.807) is 27.7 Å². The Morgan fingerprint density at radius 2 is 1.79 bits per heavy atom. The van der Waals surface area contributed by atoms with E-state index in [0.717, 1.165) is 24.3 Å². The van der Waals surface area contributed by atoms with Crippen LogP contribution in [0, 0.1) is 15.5 Å². The molecule has 0 aliphatic carbocycles. The molecule has 0 aliphatic rings. The number of benzene rings is 2. The second-order valence-corrected chi connectivity index (χ2v) is 9.65. The number of ether oxygens (including phenoxy) is 2. The third-order valence-corrected chi connectivity index (χ3v) is 5.77. The van der Waals surface area contributed by atoms with Gasteiger partial charge in [-0.15, -0.1) is 0 Å². The second kappa shape index (κ2) is 10.7. The number of nitro groups is 1. The Balaban J connectivity index is 2.37. The number of aryl methyl sites for hydroxylation is 1. The van der Waals surface area contributed by atoms with Crippen LogP contribution < -0.4 is 10.0 Å². The molecule has 2 aromatic rings. The summed E-state index contributed by atoms with van der Waals surface area (Å²) in [6, 6.07) is 4.68. The van der Waals surface area contributed by atoms with Gasteiger partial charge in [-0.25, -0.2) is 0 Å². The highest BCUT2D eigenvalue weighted by Gasteiger charge is 2.37. The minimum absolute atomic E-state index is 0.0107. The van der Waals surface area contributed by atoms with Crippen molar-refractivity contribution in [1.29, 1.82) is 0 Å². The Hall–Kier alpha value is -2.75. The summed E-state index contributed by atoms with van der Waals surface area (Å²) in [5.74, 6) is -0.782. The average molecular weight is 523 g/mol. The van der Waals surface area contributed by atoms with Crippen molar-refractivity contribution in [3.63, 3.8) is 0 Å². The highest BCUT2D eigenvalue weighted by molar-refractivity contribution is 7.48. The van der Waals surface area contributed by atoms with Crippen molar-refractivity contribution < 1.29 is 41.5 Å². The molecule has 13 heteroatoms. The van der Waals surface area contributed by atoms with E-state index < -0.39 is 48.6 Å². The number of nitrogens with zero attached hydrogens (tertiary/aromatic N) is 1. The molecule has 2 rings (SSSR count). The van der Waals surface area contributed by atoms with Crippen LogP contribution in [0.4, 0.5) is 18.9 Å². The Bertz CT molecular complexity index is 1120. The maximum atomic E-state index is 12.9. The number of carbonyl (C=O) groups is 1. The van der Waals surface area contributed by atoms with Gasteiger partial charge in [0.25, 0.3) is 0 Å². The standard InChI is InChI=1S/C21H21ClF3NO7P/c1-5-12-8-15(26(28)29)18(34(30)32-11-31-19(27)20(2,3)4)10-17(12)33-16-7-6-13(9-14(16)22)21(23,24)25/h6-10H,5,11H2,1-4H3/q+1. The fourth-order valence-corrected chi connectivity index (χ4v) is 3.62. The zero-order chi connectivity index (χ0) is 25.8. The Morgan fingerprint density at radius 3 is 2.29 bits per heavy atom. The molecule has 1 atom stereocenters. The van der Waals surface area contributed by atoms with Crippen molar-refractivity contribution in [3.8, 4) is 11.5 Å². The van der Waals surface area contributed by atoms with Crippen LogP contribution in [-0.2, 0) is 31.2 Å². The van der Waals surface area contributed by atoms with Gasteiger partial charge in [-0.2, -0.15) is 13.2 Å². The second-order valence-electron chi connectivity index (χ2n) is 7.99. The summed E-state index contributed by atoms with van der Waals surface area (Å²) in [7, 11) is -2.86. The van der Waals surface area contributed by atoms with Gasteiger partial charge in [0.1, 0.15) is 11.5 Å². The van der Waals surface area contributed by atoms with Gasteiger partial charge >= 0.3 is 31.2 Å². The third kappa shape index (κ3) is 6.88. The number of halogens is 4. The lowest BCUT2D eigenvalue weighted by molar-refractivity contribution is -0.383. The molecule has 0 aromatic heterocycles. The molecule has 0 amide bonds. The largest absolute Gasteiger partial charge is 0.559 e. The molecule has 8 nitrogen and oxygen atoms in total. The van der Waals surface area contributed by atoms with Crippen molar-refractivity contribution in [3.05, 3.63) is 56.6 Å². The van der Waals surface area contributed by atoms with Crippen LogP contribution in [0.5, 0.6) is 11.5 Å². The van der Waals surface area contributed by atoms with Crippen molar-refractivity contribution >= 4 is 36.6 Å². The normalized spacial score (nSPS) is 12.3. The molecule has 0 bridgehead atoms. The van der Waals surface area contributed by atoms with E-state index in [0.29, 0.717) is 11.6 Å². The van der Waals surface area contributed by atoms with E-state index in [4.69, 9.17) is 25.6 Å². The van der Waals surface area contributed by atoms with Gasteiger partial charge in [0.2, 0.25) is 6.79 Å². The van der Waals surface area contributed by atoms with Crippen LogP contribution in [0.2, 0.25) is 5.02 Å². The summed E-state index contributed by atoms with van der Waals surface area (Å²) >= 11 is 5.94. The number of hydrogen-bond donors (Lipinski definition) is 0. The first-order chi connectivity index (χ1) is 15.6. The van der Waals surface area contributed by atoms with Crippen molar-refractivity contribution in [1.82, 2.24) is 0 Å². The Morgan fingerprint density at radius 1 is 1.15 bits per heavy atom. The van der Waals surface area contributed by atoms with Crippen LogP contribution in [0.1, 0.15) is 38.8 Å². The first-order valence-electron chi connectivity index (χ1n) is 9.78. The molecular weight excluding hydrogens is 502 g/mol. The Labute approximate surface area is 199 Å². The van der Waals surface area contributed by atoms with Gasteiger partial charge in [0.15, 0.2) is 0 Å². The number of hydrogen-bond acceptors (Lipinski definition) is 7. The fourth-order valence-electron chi connectivity index (χ4n) is 2.56. The molecule has 0 N–H and O–H groups in total. The summed E-state index contributed by atoms with van der Waals surface area (Å²) in [5.41, 5.74) is -2.03. The smallest absolute Gasteiger partial charge is 0.455 e. The van der Waals surface area contributed by atoms with E-state index in [1.165, 1.54) is 0 Å². The number of carbonyl (C=O) groups excluding carboxylic acids is 1. The molecule has 0 aliphatic heterocycles. The van der Waals surface area contributed by atoms with E-state index >= 15 is 0 Å². The predicted octanol–water partition coefficient (Wildman–Crippen LogP) is 6.55. The predicted molar refractivity (Wildman–Crippen MR) is 118 cm³/mol. The van der Waals surface area contributed by atoms with Gasteiger partial charge in [0, 0.05) is 17.7 Å². The summed E-state index contributed by atoms with van der Waals surface area (Å²) in [6.07, 6.45) is -4.36. The van der Waals surface area contributed by atoms with Gasteiger partial charge in [-0.3, -0.25) is 14.9 Å². The molecule has 0 fully saturated rings. The first kappa shape index (κ1) is 27.5. The average Bonchev–Trinajstić information content (AvgIpc) is 2.72. The highest BCUT2D eigenvalue weighted by atomic mass is 35.5. The lowest BCUT2D eigenvalue weighted by atomic mass is 9.98. The van der Waals surface area contributed by atoms with Gasteiger partial charge in [-0.05, 0) is 50.0 Å². The van der Waals surface area contributed by atoms with Gasteiger partial charge in [0.05, 0.1) is 20.9 Å². The minimum Gasteiger partial charge on any atom is -0.455 e. The third-order valence-electron chi connectivity index (χ3n) is 4.38. The molecular formula is C21H21ClF3NO7P+. The Kier molecular flexibility index (Phi) is 8.63. The topological polar surface area (TPSA) is 105 Å². The van der Waals surface area contributed by atoms with Crippen LogP contribution in [0.3, 0.4) is 0 Å². The van der Waals surface area contributed by atoms with Crippen molar-refractivity contribution in [2.75, 3.05) is 6.79 Å². The molecule has 1 unspecified atom stereocenters. The molecule has 2 aromatic carbocycles. The monoisotopic (exact) mass is 522 g/mol. The van der Waals surface area contributed by atoms with Crippen LogP contribution in [0.15, 0.2) is 30.3 Å². The number of esters is 1.